The summed E-state index contributed by atoms with van der Waals surface area (Å²) in [6.45, 7) is 5.99. The Balaban J connectivity index is 2.33. The molecule has 2 unspecified atom stereocenters. The Bertz CT molecular complexity index is 402. The van der Waals surface area contributed by atoms with Gasteiger partial charge in [-0.1, -0.05) is 0 Å². The fraction of sp³-hybridized carbons (Fsp3) is 0.636. The first kappa shape index (κ1) is 11.5. The van der Waals surface area contributed by atoms with Crippen molar-refractivity contribution in [3.05, 3.63) is 16.1 Å². The van der Waals surface area contributed by atoms with Gasteiger partial charge in [0.05, 0.1) is 6.04 Å². The molecule has 4 nitrogen and oxygen atoms in total. The van der Waals surface area contributed by atoms with Crippen molar-refractivity contribution in [1.29, 1.82) is 0 Å². The molecule has 1 aliphatic rings. The molecule has 1 aromatic heterocycles. The van der Waals surface area contributed by atoms with Crippen LogP contribution in [-0.2, 0) is 4.79 Å². The topological polar surface area (TPSA) is 59.2 Å². The molecule has 1 fully saturated rings. The maximum absolute atomic E-state index is 11.8. The molecule has 0 aliphatic carbocycles. The van der Waals surface area contributed by atoms with E-state index in [0.29, 0.717) is 6.42 Å². The number of likely N-dealkylation sites (tertiary alicyclic amines) is 1. The highest BCUT2D eigenvalue weighted by atomic mass is 32.1. The van der Waals surface area contributed by atoms with Crippen LogP contribution in [-0.4, -0.2) is 27.9 Å². The summed E-state index contributed by atoms with van der Waals surface area (Å²) in [4.78, 5) is 18.2. The molecule has 0 bridgehead atoms. The second-order valence-corrected chi connectivity index (χ2v) is 5.42. The van der Waals surface area contributed by atoms with Crippen molar-refractivity contribution in [2.75, 3.05) is 0 Å². The van der Waals surface area contributed by atoms with Gasteiger partial charge in [-0.15, -0.1) is 11.3 Å². The van der Waals surface area contributed by atoms with E-state index in [2.05, 4.69) is 4.98 Å². The van der Waals surface area contributed by atoms with Crippen molar-refractivity contribution in [2.24, 2.45) is 5.73 Å². The normalized spacial score (nSPS) is 25.8. The number of hydrogen-bond acceptors (Lipinski definition) is 4. The highest BCUT2D eigenvalue weighted by Crippen LogP contribution is 2.35. The first-order chi connectivity index (χ1) is 7.50. The standard InChI is InChI=1S/C11H17N3OS/c1-6(2)14-9(15)4-8(12)10(14)11-13-7(3)5-16-11/h5-6,8,10H,4,12H2,1-3H3. The molecule has 2 rings (SSSR count). The van der Waals surface area contributed by atoms with Gasteiger partial charge in [0.2, 0.25) is 5.91 Å². The zero-order valence-corrected chi connectivity index (χ0v) is 10.6. The summed E-state index contributed by atoms with van der Waals surface area (Å²) in [5.74, 6) is 0.139. The van der Waals surface area contributed by atoms with Crippen molar-refractivity contribution < 1.29 is 4.79 Å². The van der Waals surface area contributed by atoms with E-state index in [9.17, 15) is 4.79 Å². The maximum atomic E-state index is 11.8. The lowest BCUT2D eigenvalue weighted by Crippen LogP contribution is -2.37. The minimum absolute atomic E-state index is 0.0359. The number of thiazole rings is 1. The lowest BCUT2D eigenvalue weighted by molar-refractivity contribution is -0.130. The molecule has 1 saturated heterocycles. The number of nitrogens with two attached hydrogens (primary N) is 1. The first-order valence-corrected chi connectivity index (χ1v) is 6.37. The summed E-state index contributed by atoms with van der Waals surface area (Å²) in [7, 11) is 0. The van der Waals surface area contributed by atoms with E-state index >= 15 is 0 Å². The van der Waals surface area contributed by atoms with Gasteiger partial charge in [0.25, 0.3) is 0 Å². The quantitative estimate of drug-likeness (QED) is 0.850. The van der Waals surface area contributed by atoms with Crippen LogP contribution in [0.4, 0.5) is 0 Å². The molecule has 0 saturated carbocycles. The summed E-state index contributed by atoms with van der Waals surface area (Å²) in [5.41, 5.74) is 7.04. The Labute approximate surface area is 99.5 Å². The van der Waals surface area contributed by atoms with E-state index in [0.717, 1.165) is 10.7 Å². The molecule has 1 amide bonds. The minimum Gasteiger partial charge on any atom is -0.329 e. The van der Waals surface area contributed by atoms with Crippen molar-refractivity contribution >= 4 is 17.2 Å². The predicted octanol–water partition coefficient (Wildman–Crippen LogP) is 1.46. The predicted molar refractivity (Wildman–Crippen MR) is 64.2 cm³/mol. The van der Waals surface area contributed by atoms with Gasteiger partial charge in [-0.25, -0.2) is 4.98 Å². The summed E-state index contributed by atoms with van der Waals surface area (Å²) in [6.07, 6.45) is 0.432. The van der Waals surface area contributed by atoms with Crippen molar-refractivity contribution in [3.8, 4) is 0 Å². The zero-order valence-electron chi connectivity index (χ0n) is 9.80. The Morgan fingerprint density at radius 3 is 2.81 bits per heavy atom. The van der Waals surface area contributed by atoms with Crippen LogP contribution >= 0.6 is 11.3 Å². The van der Waals surface area contributed by atoms with Crippen molar-refractivity contribution in [2.45, 2.75) is 45.3 Å². The molecule has 16 heavy (non-hydrogen) atoms. The number of carbonyl (C=O) groups excluding carboxylic acids is 1. The Morgan fingerprint density at radius 2 is 2.31 bits per heavy atom. The number of carbonyl (C=O) groups is 1. The Hall–Kier alpha value is -0.940. The lowest BCUT2D eigenvalue weighted by Gasteiger charge is -2.28. The van der Waals surface area contributed by atoms with Crippen molar-refractivity contribution in [1.82, 2.24) is 9.88 Å². The third-order valence-electron chi connectivity index (χ3n) is 2.85. The molecule has 1 aromatic rings. The van der Waals surface area contributed by atoms with Crippen molar-refractivity contribution in [3.63, 3.8) is 0 Å². The molecule has 88 valence electrons. The first-order valence-electron chi connectivity index (χ1n) is 5.49. The summed E-state index contributed by atoms with van der Waals surface area (Å²) < 4.78 is 0. The monoisotopic (exact) mass is 239 g/mol. The number of rotatable bonds is 2. The van der Waals surface area contributed by atoms with Gasteiger partial charge in [0.15, 0.2) is 0 Å². The van der Waals surface area contributed by atoms with Crippen LogP contribution in [0.3, 0.4) is 0 Å². The van der Waals surface area contributed by atoms with E-state index < -0.39 is 0 Å². The van der Waals surface area contributed by atoms with Gasteiger partial charge in [-0.3, -0.25) is 4.79 Å². The van der Waals surface area contributed by atoms with Gasteiger partial charge in [0.1, 0.15) is 5.01 Å². The van der Waals surface area contributed by atoms with E-state index in [-0.39, 0.29) is 24.0 Å². The number of aryl methyl sites for hydroxylation is 1. The largest absolute Gasteiger partial charge is 0.329 e. The van der Waals surface area contributed by atoms with E-state index in [1.807, 2.05) is 31.1 Å². The molecular formula is C11H17N3OS. The molecule has 0 spiro atoms. The average Bonchev–Trinajstić information content (AvgIpc) is 2.69. The fourth-order valence-corrected chi connectivity index (χ4v) is 3.17. The van der Waals surface area contributed by atoms with Crippen LogP contribution in [0.2, 0.25) is 0 Å². The third-order valence-corrected chi connectivity index (χ3v) is 3.88. The maximum Gasteiger partial charge on any atom is 0.225 e. The van der Waals surface area contributed by atoms with Crippen LogP contribution in [0, 0.1) is 6.92 Å². The van der Waals surface area contributed by atoms with Crippen LogP contribution in [0.5, 0.6) is 0 Å². The summed E-state index contributed by atoms with van der Waals surface area (Å²) in [5, 5.41) is 2.97. The molecule has 1 aliphatic heterocycles. The number of hydrogen-bond donors (Lipinski definition) is 1. The number of nitrogens with zero attached hydrogens (tertiary/aromatic N) is 2. The van der Waals surface area contributed by atoms with Crippen LogP contribution < -0.4 is 5.73 Å². The van der Waals surface area contributed by atoms with E-state index in [4.69, 9.17) is 5.73 Å². The highest BCUT2D eigenvalue weighted by Gasteiger charge is 2.41. The van der Waals surface area contributed by atoms with Gasteiger partial charge >= 0.3 is 0 Å². The molecule has 2 N–H and O–H groups in total. The van der Waals surface area contributed by atoms with Crippen LogP contribution in [0.1, 0.15) is 37.0 Å². The molecule has 0 radical (unpaired) electrons. The molecule has 0 aromatic carbocycles. The highest BCUT2D eigenvalue weighted by molar-refractivity contribution is 7.09. The van der Waals surface area contributed by atoms with Gasteiger partial charge in [-0.05, 0) is 20.8 Å². The second kappa shape index (κ2) is 4.14. The average molecular weight is 239 g/mol. The second-order valence-electron chi connectivity index (χ2n) is 4.53. The molecule has 2 heterocycles. The number of amides is 1. The molecule has 5 heteroatoms. The van der Waals surface area contributed by atoms with Crippen LogP contribution in [0.15, 0.2) is 5.38 Å². The fourth-order valence-electron chi connectivity index (χ4n) is 2.20. The van der Waals surface area contributed by atoms with Gasteiger partial charge in [-0.2, -0.15) is 0 Å². The molecule has 2 atom stereocenters. The minimum atomic E-state index is -0.125. The van der Waals surface area contributed by atoms with E-state index in [1.165, 1.54) is 0 Å². The lowest BCUT2D eigenvalue weighted by atomic mass is 10.1. The SMILES string of the molecule is Cc1csc(C2C(N)CC(=O)N2C(C)C)n1. The van der Waals surface area contributed by atoms with Crippen LogP contribution in [0.25, 0.3) is 0 Å². The van der Waals surface area contributed by atoms with Gasteiger partial charge in [0, 0.05) is 29.6 Å². The smallest absolute Gasteiger partial charge is 0.225 e. The Kier molecular flexibility index (Phi) is 2.99. The molecular weight excluding hydrogens is 222 g/mol. The third kappa shape index (κ3) is 1.85. The number of aromatic nitrogens is 1. The zero-order chi connectivity index (χ0) is 11.9. The Morgan fingerprint density at radius 1 is 1.62 bits per heavy atom. The van der Waals surface area contributed by atoms with Gasteiger partial charge < -0.3 is 10.6 Å². The summed E-state index contributed by atoms with van der Waals surface area (Å²) in [6, 6.07) is 0.0157. The van der Waals surface area contributed by atoms with E-state index in [1.54, 1.807) is 11.3 Å². The summed E-state index contributed by atoms with van der Waals surface area (Å²) >= 11 is 1.59.